The molecule has 0 saturated carbocycles. The summed E-state index contributed by atoms with van der Waals surface area (Å²) in [5.41, 5.74) is 1.57. The van der Waals surface area contributed by atoms with Crippen molar-refractivity contribution in [3.63, 3.8) is 0 Å². The number of nitrogens with zero attached hydrogens (tertiary/aromatic N) is 3. The normalized spacial score (nSPS) is 14.1. The van der Waals surface area contributed by atoms with Crippen molar-refractivity contribution in [3.05, 3.63) is 58.0 Å². The molecule has 0 aliphatic carbocycles. The average molecular weight is 373 g/mol. The number of benzene rings is 1. The third-order valence-corrected chi connectivity index (χ3v) is 4.43. The molecule has 1 aliphatic heterocycles. The van der Waals surface area contributed by atoms with Gasteiger partial charge in [0.2, 0.25) is 5.76 Å². The van der Waals surface area contributed by atoms with Crippen LogP contribution in [-0.4, -0.2) is 54.5 Å². The van der Waals surface area contributed by atoms with Gasteiger partial charge in [-0.1, -0.05) is 0 Å². The molecule has 2 heterocycles. The van der Waals surface area contributed by atoms with Gasteiger partial charge in [-0.25, -0.2) is 4.79 Å². The molecule has 0 N–H and O–H groups in total. The minimum absolute atomic E-state index is 0.0428. The molecule has 2 aromatic rings. The lowest BCUT2D eigenvalue weighted by atomic mass is 10.2. The van der Waals surface area contributed by atoms with Gasteiger partial charge in [0, 0.05) is 49.6 Å². The van der Waals surface area contributed by atoms with Gasteiger partial charge in [0.25, 0.3) is 11.6 Å². The summed E-state index contributed by atoms with van der Waals surface area (Å²) in [6.45, 7) is 3.53. The van der Waals surface area contributed by atoms with Gasteiger partial charge in [-0.15, -0.1) is 0 Å². The molecule has 1 fully saturated rings. The van der Waals surface area contributed by atoms with E-state index in [1.165, 1.54) is 18.4 Å². The van der Waals surface area contributed by atoms with E-state index >= 15 is 0 Å². The van der Waals surface area contributed by atoms with Gasteiger partial charge in [0.15, 0.2) is 6.61 Å². The van der Waals surface area contributed by atoms with Crippen LogP contribution in [0.25, 0.3) is 0 Å². The van der Waals surface area contributed by atoms with Gasteiger partial charge < -0.3 is 19.0 Å². The molecule has 1 aromatic heterocycles. The van der Waals surface area contributed by atoms with Crippen LogP contribution in [0, 0.1) is 17.0 Å². The fraction of sp³-hybridized carbons (Fsp3) is 0.333. The van der Waals surface area contributed by atoms with E-state index in [1.54, 1.807) is 30.0 Å². The zero-order valence-corrected chi connectivity index (χ0v) is 14.8. The van der Waals surface area contributed by atoms with Crippen molar-refractivity contribution in [1.29, 1.82) is 0 Å². The third kappa shape index (κ3) is 4.25. The lowest BCUT2D eigenvalue weighted by Gasteiger charge is -2.36. The van der Waals surface area contributed by atoms with Crippen molar-refractivity contribution in [2.75, 3.05) is 37.7 Å². The van der Waals surface area contributed by atoms with Crippen LogP contribution in [0.15, 0.2) is 41.0 Å². The van der Waals surface area contributed by atoms with Crippen LogP contribution in [0.2, 0.25) is 0 Å². The van der Waals surface area contributed by atoms with Crippen molar-refractivity contribution < 1.29 is 23.7 Å². The monoisotopic (exact) mass is 373 g/mol. The number of furan rings is 1. The first-order valence-corrected chi connectivity index (χ1v) is 8.44. The van der Waals surface area contributed by atoms with E-state index in [4.69, 9.17) is 9.15 Å². The van der Waals surface area contributed by atoms with Gasteiger partial charge >= 0.3 is 5.97 Å². The zero-order valence-electron chi connectivity index (χ0n) is 14.8. The van der Waals surface area contributed by atoms with Crippen LogP contribution in [0.1, 0.15) is 16.1 Å². The second kappa shape index (κ2) is 7.90. The van der Waals surface area contributed by atoms with Crippen molar-refractivity contribution in [1.82, 2.24) is 4.90 Å². The second-order valence-corrected chi connectivity index (χ2v) is 6.15. The molecule has 3 rings (SSSR count). The summed E-state index contributed by atoms with van der Waals surface area (Å²) in [5.74, 6) is -0.822. The molecule has 27 heavy (non-hydrogen) atoms. The first kappa shape index (κ1) is 18.4. The number of hydrogen-bond donors (Lipinski definition) is 0. The highest BCUT2D eigenvalue weighted by Crippen LogP contribution is 2.20. The van der Waals surface area contributed by atoms with Crippen LogP contribution in [-0.2, 0) is 9.53 Å². The van der Waals surface area contributed by atoms with Crippen LogP contribution in [0.3, 0.4) is 0 Å². The molecule has 1 aliphatic rings. The number of anilines is 1. The van der Waals surface area contributed by atoms with Gasteiger partial charge in [-0.2, -0.15) is 0 Å². The predicted molar refractivity (Wildman–Crippen MR) is 95.6 cm³/mol. The number of carbonyl (C=O) groups excluding carboxylic acids is 2. The standard InChI is InChI=1S/C18H19N3O6/c1-13-6-11-26-17(13)18(23)27-12-16(22)20-9-7-19(8-10-20)14-2-4-15(5-3-14)21(24)25/h2-6,11H,7-10,12H2,1H3. The Morgan fingerprint density at radius 1 is 1.15 bits per heavy atom. The Kier molecular flexibility index (Phi) is 5.39. The zero-order chi connectivity index (χ0) is 19.4. The Bertz CT molecular complexity index is 837. The van der Waals surface area contributed by atoms with Crippen molar-refractivity contribution >= 4 is 23.3 Å². The summed E-state index contributed by atoms with van der Waals surface area (Å²) in [4.78, 5) is 38.1. The van der Waals surface area contributed by atoms with E-state index in [0.717, 1.165) is 5.69 Å². The first-order valence-electron chi connectivity index (χ1n) is 8.44. The molecule has 142 valence electrons. The summed E-state index contributed by atoms with van der Waals surface area (Å²) in [5, 5.41) is 10.7. The molecule has 0 bridgehead atoms. The molecule has 0 radical (unpaired) electrons. The summed E-state index contributed by atoms with van der Waals surface area (Å²) < 4.78 is 10.1. The van der Waals surface area contributed by atoms with E-state index in [9.17, 15) is 19.7 Å². The van der Waals surface area contributed by atoms with E-state index < -0.39 is 10.9 Å². The number of piperazine rings is 1. The smallest absolute Gasteiger partial charge is 0.375 e. The third-order valence-electron chi connectivity index (χ3n) is 4.43. The Hall–Kier alpha value is -3.36. The number of ether oxygens (including phenoxy) is 1. The largest absolute Gasteiger partial charge is 0.457 e. The number of hydrogen-bond acceptors (Lipinski definition) is 7. The number of carbonyl (C=O) groups is 2. The number of amides is 1. The highest BCUT2D eigenvalue weighted by molar-refractivity contribution is 5.90. The SMILES string of the molecule is Cc1ccoc1C(=O)OCC(=O)N1CCN(c2ccc([N+](=O)[O-])cc2)CC1. The molecule has 1 amide bonds. The quantitative estimate of drug-likeness (QED) is 0.448. The van der Waals surface area contributed by atoms with Gasteiger partial charge in [-0.05, 0) is 25.1 Å². The Morgan fingerprint density at radius 3 is 2.37 bits per heavy atom. The number of nitro groups is 1. The van der Waals surface area contributed by atoms with Gasteiger partial charge in [-0.3, -0.25) is 14.9 Å². The Labute approximate surface area is 155 Å². The Morgan fingerprint density at radius 2 is 1.81 bits per heavy atom. The summed E-state index contributed by atoms with van der Waals surface area (Å²) >= 11 is 0. The van der Waals surface area contributed by atoms with E-state index in [-0.39, 0.29) is 24.0 Å². The van der Waals surface area contributed by atoms with E-state index in [0.29, 0.717) is 31.7 Å². The molecule has 0 unspecified atom stereocenters. The van der Waals surface area contributed by atoms with E-state index in [2.05, 4.69) is 0 Å². The number of rotatable bonds is 5. The molecular formula is C18H19N3O6. The van der Waals surface area contributed by atoms with Crippen molar-refractivity contribution in [2.24, 2.45) is 0 Å². The molecule has 0 atom stereocenters. The maximum Gasteiger partial charge on any atom is 0.375 e. The number of nitro benzene ring substituents is 1. The lowest BCUT2D eigenvalue weighted by Crippen LogP contribution is -2.49. The summed E-state index contributed by atoms with van der Waals surface area (Å²) in [6.07, 6.45) is 1.39. The summed E-state index contributed by atoms with van der Waals surface area (Å²) in [6, 6.07) is 7.97. The fourth-order valence-corrected chi connectivity index (χ4v) is 2.87. The minimum Gasteiger partial charge on any atom is -0.457 e. The first-order chi connectivity index (χ1) is 13.0. The predicted octanol–water partition coefficient (Wildman–Crippen LogP) is 2.00. The fourth-order valence-electron chi connectivity index (χ4n) is 2.87. The van der Waals surface area contributed by atoms with Gasteiger partial charge in [0.1, 0.15) is 0 Å². The molecule has 0 spiro atoms. The van der Waals surface area contributed by atoms with Crippen LogP contribution < -0.4 is 4.90 Å². The molecule has 1 aromatic carbocycles. The molecule has 1 saturated heterocycles. The minimum atomic E-state index is -0.657. The molecular weight excluding hydrogens is 354 g/mol. The number of esters is 1. The maximum absolute atomic E-state index is 12.2. The average Bonchev–Trinajstić information content (AvgIpc) is 3.12. The topological polar surface area (TPSA) is 106 Å². The maximum atomic E-state index is 12.2. The van der Waals surface area contributed by atoms with Crippen LogP contribution in [0.5, 0.6) is 0 Å². The molecule has 9 heteroatoms. The van der Waals surface area contributed by atoms with Crippen molar-refractivity contribution in [3.8, 4) is 0 Å². The summed E-state index contributed by atoms with van der Waals surface area (Å²) in [7, 11) is 0. The van der Waals surface area contributed by atoms with Gasteiger partial charge in [0.05, 0.1) is 11.2 Å². The lowest BCUT2D eigenvalue weighted by molar-refractivity contribution is -0.384. The Balaban J connectivity index is 1.48. The van der Waals surface area contributed by atoms with Crippen molar-refractivity contribution in [2.45, 2.75) is 6.92 Å². The number of non-ortho nitro benzene ring substituents is 1. The highest BCUT2D eigenvalue weighted by Gasteiger charge is 2.23. The highest BCUT2D eigenvalue weighted by atomic mass is 16.6. The second-order valence-electron chi connectivity index (χ2n) is 6.15. The number of aryl methyl sites for hydroxylation is 1. The van der Waals surface area contributed by atoms with Crippen LogP contribution in [0.4, 0.5) is 11.4 Å². The van der Waals surface area contributed by atoms with Crippen LogP contribution >= 0.6 is 0 Å². The molecule has 9 nitrogen and oxygen atoms in total. The van der Waals surface area contributed by atoms with E-state index in [1.807, 2.05) is 4.90 Å².